The van der Waals surface area contributed by atoms with Crippen molar-refractivity contribution in [2.45, 2.75) is 32.9 Å². The van der Waals surface area contributed by atoms with Gasteiger partial charge in [0.25, 0.3) is 5.95 Å². The zero-order chi connectivity index (χ0) is 23.6. The van der Waals surface area contributed by atoms with Crippen molar-refractivity contribution in [3.63, 3.8) is 0 Å². The topological polar surface area (TPSA) is 106 Å². The Morgan fingerprint density at radius 2 is 1.94 bits per heavy atom. The molecule has 0 fully saturated rings. The van der Waals surface area contributed by atoms with Crippen molar-refractivity contribution < 1.29 is 19.0 Å². The van der Waals surface area contributed by atoms with Crippen LogP contribution in [-0.2, 0) is 11.3 Å². The van der Waals surface area contributed by atoms with Crippen LogP contribution in [0.1, 0.15) is 31.1 Å². The minimum Gasteiger partial charge on any atom is -0.484 e. The standard InChI is InChI=1S/C22H23ClN6O4/c1-5-32-20(30)14-10-24-28(12-14)21-26-16-11-25-29(18(16)19(27-21)31-4)13-22(2,3)33-17-9-7-6-8-15(17)23/h6-12H,5,13H2,1-4H3. The highest BCUT2D eigenvalue weighted by Gasteiger charge is 2.25. The maximum absolute atomic E-state index is 11.9. The van der Waals surface area contributed by atoms with Crippen molar-refractivity contribution in [3.8, 4) is 17.6 Å². The van der Waals surface area contributed by atoms with Gasteiger partial charge in [-0.2, -0.15) is 15.2 Å². The SMILES string of the molecule is CCOC(=O)c1cnn(-c2nc(OC)c3c(cnn3CC(C)(C)Oc3ccccc3Cl)n2)c1. The van der Waals surface area contributed by atoms with Crippen LogP contribution in [0.4, 0.5) is 0 Å². The third-order valence-corrected chi connectivity index (χ3v) is 5.00. The Labute approximate surface area is 195 Å². The highest BCUT2D eigenvalue weighted by molar-refractivity contribution is 6.32. The number of rotatable bonds is 8. The minimum atomic E-state index is -0.649. The van der Waals surface area contributed by atoms with E-state index < -0.39 is 11.6 Å². The lowest BCUT2D eigenvalue weighted by Crippen LogP contribution is -2.34. The molecule has 3 aromatic heterocycles. The predicted molar refractivity (Wildman–Crippen MR) is 121 cm³/mol. The number of hydrogen-bond acceptors (Lipinski definition) is 8. The van der Waals surface area contributed by atoms with Crippen LogP contribution in [0.25, 0.3) is 17.0 Å². The normalized spacial score (nSPS) is 11.5. The number of ether oxygens (including phenoxy) is 3. The number of benzene rings is 1. The molecule has 0 radical (unpaired) electrons. The van der Waals surface area contributed by atoms with Crippen LogP contribution in [0.5, 0.6) is 11.6 Å². The number of aromatic nitrogens is 6. The van der Waals surface area contributed by atoms with Gasteiger partial charge in [0, 0.05) is 6.20 Å². The predicted octanol–water partition coefficient (Wildman–Crippen LogP) is 3.71. The summed E-state index contributed by atoms with van der Waals surface area (Å²) < 4.78 is 19.8. The summed E-state index contributed by atoms with van der Waals surface area (Å²) in [6, 6.07) is 7.30. The Kier molecular flexibility index (Phi) is 6.19. The van der Waals surface area contributed by atoms with E-state index in [4.69, 9.17) is 25.8 Å². The molecule has 0 spiro atoms. The lowest BCUT2D eigenvalue weighted by atomic mass is 10.1. The molecule has 0 bridgehead atoms. The van der Waals surface area contributed by atoms with Crippen molar-refractivity contribution in [2.75, 3.05) is 13.7 Å². The molecule has 3 heterocycles. The number of fused-ring (bicyclic) bond motifs is 1. The lowest BCUT2D eigenvalue weighted by Gasteiger charge is -2.27. The van der Waals surface area contributed by atoms with Gasteiger partial charge in [-0.05, 0) is 32.9 Å². The first kappa shape index (κ1) is 22.5. The molecule has 4 aromatic rings. The van der Waals surface area contributed by atoms with Crippen LogP contribution in [0, 0.1) is 0 Å². The molecule has 0 amide bonds. The highest BCUT2D eigenvalue weighted by Crippen LogP contribution is 2.30. The zero-order valence-corrected chi connectivity index (χ0v) is 19.4. The Bertz CT molecular complexity index is 1300. The van der Waals surface area contributed by atoms with Gasteiger partial charge >= 0.3 is 5.97 Å². The molecule has 172 valence electrons. The Morgan fingerprint density at radius 1 is 1.15 bits per heavy atom. The summed E-state index contributed by atoms with van der Waals surface area (Å²) in [6.45, 7) is 6.27. The molecule has 4 rings (SSSR count). The van der Waals surface area contributed by atoms with Crippen molar-refractivity contribution >= 4 is 28.6 Å². The molecule has 10 nitrogen and oxygen atoms in total. The summed E-state index contributed by atoms with van der Waals surface area (Å²) in [7, 11) is 1.52. The average molecular weight is 471 g/mol. The number of para-hydroxylation sites is 1. The lowest BCUT2D eigenvalue weighted by molar-refractivity contribution is 0.0526. The Balaban J connectivity index is 1.64. The molecule has 0 N–H and O–H groups in total. The Hall–Kier alpha value is -3.66. The molecule has 11 heteroatoms. The van der Waals surface area contributed by atoms with E-state index in [0.717, 1.165) is 0 Å². The number of esters is 1. The first-order valence-electron chi connectivity index (χ1n) is 10.2. The maximum Gasteiger partial charge on any atom is 0.341 e. The maximum atomic E-state index is 11.9. The van der Waals surface area contributed by atoms with Crippen molar-refractivity contribution in [1.82, 2.24) is 29.5 Å². The van der Waals surface area contributed by atoms with Gasteiger partial charge in [0.2, 0.25) is 5.88 Å². The zero-order valence-electron chi connectivity index (χ0n) is 18.6. The molecule has 0 aliphatic carbocycles. The summed E-state index contributed by atoms with van der Waals surface area (Å²) in [5.74, 6) is 0.669. The van der Waals surface area contributed by atoms with Crippen LogP contribution >= 0.6 is 11.6 Å². The molecule has 33 heavy (non-hydrogen) atoms. The van der Waals surface area contributed by atoms with E-state index in [1.54, 1.807) is 23.9 Å². The first-order chi connectivity index (χ1) is 15.8. The van der Waals surface area contributed by atoms with Crippen molar-refractivity contribution in [2.24, 2.45) is 0 Å². The van der Waals surface area contributed by atoms with E-state index in [1.165, 1.54) is 24.2 Å². The molecule has 0 saturated carbocycles. The second-order valence-corrected chi connectivity index (χ2v) is 8.16. The summed E-state index contributed by atoms with van der Waals surface area (Å²) >= 11 is 6.24. The second-order valence-electron chi connectivity index (χ2n) is 7.76. The average Bonchev–Trinajstić information content (AvgIpc) is 3.42. The van der Waals surface area contributed by atoms with Crippen molar-refractivity contribution in [3.05, 3.63) is 53.4 Å². The summed E-state index contributed by atoms with van der Waals surface area (Å²) in [4.78, 5) is 20.9. The van der Waals surface area contributed by atoms with E-state index in [2.05, 4.69) is 20.2 Å². The van der Waals surface area contributed by atoms with Gasteiger partial charge in [0.15, 0.2) is 0 Å². The van der Waals surface area contributed by atoms with Crippen LogP contribution in [0.2, 0.25) is 5.02 Å². The van der Waals surface area contributed by atoms with Gasteiger partial charge < -0.3 is 14.2 Å². The summed E-state index contributed by atoms with van der Waals surface area (Å²) in [5.41, 5.74) is 0.812. The van der Waals surface area contributed by atoms with E-state index in [-0.39, 0.29) is 12.6 Å². The van der Waals surface area contributed by atoms with Crippen LogP contribution in [0.3, 0.4) is 0 Å². The first-order valence-corrected chi connectivity index (χ1v) is 10.6. The van der Waals surface area contributed by atoms with Gasteiger partial charge in [-0.3, -0.25) is 4.68 Å². The number of nitrogens with zero attached hydrogens (tertiary/aromatic N) is 6. The fraction of sp³-hybridized carbons (Fsp3) is 0.318. The minimum absolute atomic E-state index is 0.237. The van der Waals surface area contributed by atoms with Gasteiger partial charge in [-0.25, -0.2) is 14.5 Å². The van der Waals surface area contributed by atoms with E-state index in [1.807, 2.05) is 32.0 Å². The number of halogens is 1. The van der Waals surface area contributed by atoms with Gasteiger partial charge in [0.1, 0.15) is 22.4 Å². The molecule has 1 aromatic carbocycles. The fourth-order valence-electron chi connectivity index (χ4n) is 3.29. The molecule has 0 saturated heterocycles. The van der Waals surface area contributed by atoms with E-state index >= 15 is 0 Å². The molecular weight excluding hydrogens is 448 g/mol. The highest BCUT2D eigenvalue weighted by atomic mass is 35.5. The third kappa shape index (κ3) is 4.75. The molecule has 0 aliphatic heterocycles. The van der Waals surface area contributed by atoms with Crippen LogP contribution in [-0.4, -0.2) is 54.8 Å². The second kappa shape index (κ2) is 9.07. The molecule has 0 aliphatic rings. The number of carbonyl (C=O) groups excluding carboxylic acids is 1. The monoisotopic (exact) mass is 470 g/mol. The van der Waals surface area contributed by atoms with Gasteiger partial charge in [0.05, 0.1) is 43.2 Å². The summed E-state index contributed by atoms with van der Waals surface area (Å²) in [5, 5.41) is 9.16. The quantitative estimate of drug-likeness (QED) is 0.359. The largest absolute Gasteiger partial charge is 0.484 e. The van der Waals surface area contributed by atoms with E-state index in [9.17, 15) is 4.79 Å². The number of hydrogen-bond donors (Lipinski definition) is 0. The van der Waals surface area contributed by atoms with Crippen LogP contribution < -0.4 is 9.47 Å². The molecule has 0 atom stereocenters. The summed E-state index contributed by atoms with van der Waals surface area (Å²) in [6.07, 6.45) is 4.52. The molecular formula is C22H23ClN6O4. The van der Waals surface area contributed by atoms with Gasteiger partial charge in [-0.1, -0.05) is 23.7 Å². The fourth-order valence-corrected chi connectivity index (χ4v) is 3.46. The van der Waals surface area contributed by atoms with Gasteiger partial charge in [-0.15, -0.1) is 0 Å². The van der Waals surface area contributed by atoms with Crippen LogP contribution in [0.15, 0.2) is 42.9 Å². The third-order valence-electron chi connectivity index (χ3n) is 4.69. The van der Waals surface area contributed by atoms with Crippen molar-refractivity contribution in [1.29, 1.82) is 0 Å². The number of methoxy groups -OCH3 is 1. The number of carbonyl (C=O) groups is 1. The van der Waals surface area contributed by atoms with E-state index in [0.29, 0.717) is 39.8 Å². The molecule has 0 unspecified atom stereocenters. The smallest absolute Gasteiger partial charge is 0.341 e. The Morgan fingerprint density at radius 3 is 2.67 bits per heavy atom.